The molecule has 0 aliphatic heterocycles. The van der Waals surface area contributed by atoms with Crippen molar-refractivity contribution in [1.29, 1.82) is 0 Å². The number of aromatic nitrogens is 2. The Morgan fingerprint density at radius 3 is 2.73 bits per heavy atom. The SMILES string of the molecule is CCCn1nc(C)c(CNCc2ccc(F)c(CO)c2)c1C. The minimum Gasteiger partial charge on any atom is -0.392 e. The fourth-order valence-corrected chi connectivity index (χ4v) is 2.61. The number of hydrogen-bond donors (Lipinski definition) is 2. The second-order valence-electron chi connectivity index (χ2n) is 5.56. The summed E-state index contributed by atoms with van der Waals surface area (Å²) in [6, 6.07) is 4.84. The van der Waals surface area contributed by atoms with Crippen LogP contribution in [-0.4, -0.2) is 14.9 Å². The van der Waals surface area contributed by atoms with E-state index < -0.39 is 0 Å². The number of nitrogens with zero attached hydrogens (tertiary/aromatic N) is 2. The van der Waals surface area contributed by atoms with E-state index in [4.69, 9.17) is 5.11 Å². The van der Waals surface area contributed by atoms with Gasteiger partial charge in [-0.3, -0.25) is 4.68 Å². The van der Waals surface area contributed by atoms with Crippen LogP contribution in [0, 0.1) is 19.7 Å². The van der Waals surface area contributed by atoms with E-state index in [0.29, 0.717) is 12.1 Å². The molecule has 0 atom stereocenters. The molecule has 0 unspecified atom stereocenters. The van der Waals surface area contributed by atoms with Gasteiger partial charge in [-0.05, 0) is 38.0 Å². The molecule has 120 valence electrons. The highest BCUT2D eigenvalue weighted by atomic mass is 19.1. The minimum atomic E-state index is -0.362. The largest absolute Gasteiger partial charge is 0.392 e. The first-order valence-corrected chi connectivity index (χ1v) is 7.68. The zero-order valence-electron chi connectivity index (χ0n) is 13.5. The van der Waals surface area contributed by atoms with Gasteiger partial charge in [-0.1, -0.05) is 13.0 Å². The number of halogens is 1. The molecule has 0 saturated heterocycles. The van der Waals surface area contributed by atoms with E-state index in [-0.39, 0.29) is 12.4 Å². The van der Waals surface area contributed by atoms with E-state index in [1.54, 1.807) is 12.1 Å². The van der Waals surface area contributed by atoms with Crippen LogP contribution in [0.4, 0.5) is 4.39 Å². The summed E-state index contributed by atoms with van der Waals surface area (Å²) in [4.78, 5) is 0. The van der Waals surface area contributed by atoms with Gasteiger partial charge < -0.3 is 10.4 Å². The highest BCUT2D eigenvalue weighted by molar-refractivity contribution is 5.26. The van der Waals surface area contributed by atoms with Crippen molar-refractivity contribution in [1.82, 2.24) is 15.1 Å². The van der Waals surface area contributed by atoms with Crippen molar-refractivity contribution < 1.29 is 9.50 Å². The molecule has 0 fully saturated rings. The Labute approximate surface area is 131 Å². The zero-order chi connectivity index (χ0) is 16.1. The van der Waals surface area contributed by atoms with Gasteiger partial charge in [0.25, 0.3) is 0 Å². The highest BCUT2D eigenvalue weighted by Crippen LogP contribution is 2.14. The quantitative estimate of drug-likeness (QED) is 0.827. The van der Waals surface area contributed by atoms with Crippen LogP contribution < -0.4 is 5.32 Å². The number of benzene rings is 1. The molecule has 0 aliphatic carbocycles. The molecular formula is C17H24FN3O. The van der Waals surface area contributed by atoms with Crippen LogP contribution in [0.3, 0.4) is 0 Å². The summed E-state index contributed by atoms with van der Waals surface area (Å²) in [6.45, 7) is 8.28. The van der Waals surface area contributed by atoms with Crippen molar-refractivity contribution in [3.63, 3.8) is 0 Å². The number of aliphatic hydroxyl groups excluding tert-OH is 1. The Kier molecular flexibility index (Phi) is 5.69. The standard InChI is InChI=1S/C17H24FN3O/c1-4-7-21-13(3)16(12(2)20-21)10-19-9-14-5-6-17(18)15(8-14)11-22/h5-6,8,19,22H,4,7,9-11H2,1-3H3. The average Bonchev–Trinajstić information content (AvgIpc) is 2.76. The topological polar surface area (TPSA) is 50.1 Å². The van der Waals surface area contributed by atoms with E-state index in [1.165, 1.54) is 17.3 Å². The first-order chi connectivity index (χ1) is 10.6. The van der Waals surface area contributed by atoms with E-state index in [9.17, 15) is 4.39 Å². The third-order valence-electron chi connectivity index (χ3n) is 3.88. The molecule has 4 nitrogen and oxygen atoms in total. The maximum Gasteiger partial charge on any atom is 0.128 e. The lowest BCUT2D eigenvalue weighted by atomic mass is 10.1. The third kappa shape index (κ3) is 3.72. The van der Waals surface area contributed by atoms with Crippen molar-refractivity contribution in [2.24, 2.45) is 0 Å². The van der Waals surface area contributed by atoms with Crippen molar-refractivity contribution in [2.45, 2.75) is 53.4 Å². The summed E-state index contributed by atoms with van der Waals surface area (Å²) in [6.07, 6.45) is 1.06. The molecule has 22 heavy (non-hydrogen) atoms. The predicted octanol–water partition coefficient (Wildman–Crippen LogP) is 2.83. The number of nitrogens with one attached hydrogen (secondary N) is 1. The highest BCUT2D eigenvalue weighted by Gasteiger charge is 2.10. The van der Waals surface area contributed by atoms with Crippen molar-refractivity contribution in [3.05, 3.63) is 52.1 Å². The number of aryl methyl sites for hydroxylation is 2. The Morgan fingerprint density at radius 1 is 1.27 bits per heavy atom. The number of hydrogen-bond acceptors (Lipinski definition) is 3. The van der Waals surface area contributed by atoms with Gasteiger partial charge in [0, 0.05) is 36.5 Å². The molecule has 5 heteroatoms. The van der Waals surface area contributed by atoms with Gasteiger partial charge in [0.1, 0.15) is 5.82 Å². The third-order valence-corrected chi connectivity index (χ3v) is 3.88. The molecule has 2 N–H and O–H groups in total. The molecular weight excluding hydrogens is 281 g/mol. The number of aliphatic hydroxyl groups is 1. The monoisotopic (exact) mass is 305 g/mol. The summed E-state index contributed by atoms with van der Waals surface area (Å²) >= 11 is 0. The Hall–Kier alpha value is -1.72. The molecule has 2 aromatic rings. The first kappa shape index (κ1) is 16.6. The van der Waals surface area contributed by atoms with Crippen molar-refractivity contribution in [2.75, 3.05) is 0 Å². The Bertz CT molecular complexity index is 637. The van der Waals surface area contributed by atoms with E-state index in [2.05, 4.69) is 24.3 Å². The Balaban J connectivity index is 1.99. The normalized spacial score (nSPS) is 11.1. The molecule has 0 radical (unpaired) electrons. The van der Waals surface area contributed by atoms with E-state index in [0.717, 1.165) is 30.8 Å². The van der Waals surface area contributed by atoms with Gasteiger partial charge in [0.15, 0.2) is 0 Å². The maximum atomic E-state index is 13.3. The van der Waals surface area contributed by atoms with Gasteiger partial charge in [-0.15, -0.1) is 0 Å². The molecule has 0 spiro atoms. The zero-order valence-corrected chi connectivity index (χ0v) is 13.5. The fourth-order valence-electron chi connectivity index (χ4n) is 2.61. The van der Waals surface area contributed by atoms with Gasteiger partial charge in [-0.2, -0.15) is 5.10 Å². The molecule has 0 bridgehead atoms. The first-order valence-electron chi connectivity index (χ1n) is 7.68. The van der Waals surface area contributed by atoms with E-state index >= 15 is 0 Å². The van der Waals surface area contributed by atoms with Gasteiger partial charge in [-0.25, -0.2) is 4.39 Å². The summed E-state index contributed by atoms with van der Waals surface area (Å²) in [5.41, 5.74) is 4.76. The van der Waals surface area contributed by atoms with Crippen LogP contribution in [0.5, 0.6) is 0 Å². The smallest absolute Gasteiger partial charge is 0.128 e. The van der Waals surface area contributed by atoms with Gasteiger partial charge >= 0.3 is 0 Å². The lowest BCUT2D eigenvalue weighted by Crippen LogP contribution is -2.14. The second kappa shape index (κ2) is 7.51. The molecule has 1 heterocycles. The summed E-state index contributed by atoms with van der Waals surface area (Å²) < 4.78 is 15.4. The van der Waals surface area contributed by atoms with Gasteiger partial charge in [0.2, 0.25) is 0 Å². The average molecular weight is 305 g/mol. The predicted molar refractivity (Wildman–Crippen MR) is 84.9 cm³/mol. The lowest BCUT2D eigenvalue weighted by Gasteiger charge is -2.08. The van der Waals surface area contributed by atoms with Crippen molar-refractivity contribution >= 4 is 0 Å². The maximum absolute atomic E-state index is 13.3. The molecule has 2 rings (SSSR count). The molecule has 0 aliphatic rings. The van der Waals surface area contributed by atoms with Gasteiger partial charge in [0.05, 0.1) is 12.3 Å². The second-order valence-corrected chi connectivity index (χ2v) is 5.56. The number of rotatable bonds is 7. The van der Waals surface area contributed by atoms with Crippen LogP contribution >= 0.6 is 0 Å². The Morgan fingerprint density at radius 2 is 2.05 bits per heavy atom. The van der Waals surface area contributed by atoms with Crippen LogP contribution in [0.2, 0.25) is 0 Å². The summed E-state index contributed by atoms with van der Waals surface area (Å²) in [5.74, 6) is -0.362. The summed E-state index contributed by atoms with van der Waals surface area (Å²) in [5, 5.41) is 17.0. The van der Waals surface area contributed by atoms with E-state index in [1.807, 2.05) is 11.6 Å². The molecule has 1 aromatic carbocycles. The fraction of sp³-hybridized carbons (Fsp3) is 0.471. The van der Waals surface area contributed by atoms with Crippen LogP contribution in [0.25, 0.3) is 0 Å². The molecule has 1 aromatic heterocycles. The van der Waals surface area contributed by atoms with Crippen molar-refractivity contribution in [3.8, 4) is 0 Å². The minimum absolute atomic E-state index is 0.276. The molecule has 0 saturated carbocycles. The lowest BCUT2D eigenvalue weighted by molar-refractivity contribution is 0.275. The van der Waals surface area contributed by atoms with Crippen LogP contribution in [0.1, 0.15) is 41.4 Å². The summed E-state index contributed by atoms with van der Waals surface area (Å²) in [7, 11) is 0. The molecule has 0 amide bonds. The van der Waals surface area contributed by atoms with Crippen LogP contribution in [0.15, 0.2) is 18.2 Å². The van der Waals surface area contributed by atoms with Crippen LogP contribution in [-0.2, 0) is 26.2 Å².